The molecule has 0 aliphatic rings. The SMILES string of the molecule is CCCCCCCCCCCCCCC(CCCCCCCCCCCCCC)CC(=O)OC(C)(C)CC(C)(C)CC(C)(C)OCCC(C)(C)OC. The molecule has 0 atom stereocenters. The highest BCUT2D eigenvalue weighted by atomic mass is 16.6. The molecule has 0 aliphatic heterocycles. The summed E-state index contributed by atoms with van der Waals surface area (Å²) in [6, 6.07) is 0. The van der Waals surface area contributed by atoms with Crippen molar-refractivity contribution in [3.8, 4) is 0 Å². The Hall–Kier alpha value is -0.610. The van der Waals surface area contributed by atoms with E-state index in [2.05, 4.69) is 69.2 Å². The van der Waals surface area contributed by atoms with Gasteiger partial charge in [-0.1, -0.05) is 182 Å². The van der Waals surface area contributed by atoms with Crippen LogP contribution in [-0.2, 0) is 19.0 Å². The number of esters is 1. The van der Waals surface area contributed by atoms with E-state index in [4.69, 9.17) is 14.2 Å². The van der Waals surface area contributed by atoms with Crippen molar-refractivity contribution in [2.75, 3.05) is 13.7 Å². The predicted molar refractivity (Wildman–Crippen MR) is 228 cm³/mol. The van der Waals surface area contributed by atoms with Crippen LogP contribution in [0.15, 0.2) is 0 Å². The van der Waals surface area contributed by atoms with Crippen LogP contribution in [0.5, 0.6) is 0 Å². The second kappa shape index (κ2) is 30.6. The van der Waals surface area contributed by atoms with Crippen LogP contribution in [0.1, 0.15) is 262 Å². The van der Waals surface area contributed by atoms with Gasteiger partial charge in [0.2, 0.25) is 0 Å². The molecule has 0 heterocycles. The van der Waals surface area contributed by atoms with Crippen molar-refractivity contribution in [1.29, 1.82) is 0 Å². The zero-order valence-electron chi connectivity index (χ0n) is 37.6. The van der Waals surface area contributed by atoms with Crippen LogP contribution in [0.3, 0.4) is 0 Å². The first-order chi connectivity index (χ1) is 24.6. The van der Waals surface area contributed by atoms with Gasteiger partial charge in [0.25, 0.3) is 0 Å². The lowest BCUT2D eigenvalue weighted by Crippen LogP contribution is -2.39. The van der Waals surface area contributed by atoms with Crippen molar-refractivity contribution in [2.24, 2.45) is 11.3 Å². The second-order valence-corrected chi connectivity index (χ2v) is 19.5. The molecule has 4 nitrogen and oxygen atoms in total. The molecule has 0 saturated carbocycles. The quantitative estimate of drug-likeness (QED) is 0.0468. The standard InChI is InChI=1S/C48H96O4/c1-12-14-16-18-20-22-24-26-28-30-32-34-36-43(37-35-33-31-29-27-25-23-21-19-17-15-13-2)40-44(49)52-48(9,10)42-45(3,4)41-47(7,8)51-39-38-46(5,6)50-11/h43H,12-42H2,1-11H3. The third kappa shape index (κ3) is 32.8. The van der Waals surface area contributed by atoms with Gasteiger partial charge in [0, 0.05) is 13.5 Å². The largest absolute Gasteiger partial charge is 0.460 e. The van der Waals surface area contributed by atoms with Crippen LogP contribution in [-0.4, -0.2) is 36.5 Å². The number of carbonyl (C=O) groups excluding carboxylic acids is 1. The Morgan fingerprint density at radius 1 is 0.481 bits per heavy atom. The van der Waals surface area contributed by atoms with Crippen molar-refractivity contribution >= 4 is 5.97 Å². The van der Waals surface area contributed by atoms with Gasteiger partial charge in [-0.25, -0.2) is 0 Å². The average Bonchev–Trinajstić information content (AvgIpc) is 3.03. The Balaban J connectivity index is 4.79. The summed E-state index contributed by atoms with van der Waals surface area (Å²) < 4.78 is 18.2. The van der Waals surface area contributed by atoms with Gasteiger partial charge in [-0.2, -0.15) is 0 Å². The summed E-state index contributed by atoms with van der Waals surface area (Å²) in [7, 11) is 1.76. The molecule has 0 aliphatic carbocycles. The van der Waals surface area contributed by atoms with Gasteiger partial charge in [0.15, 0.2) is 0 Å². The van der Waals surface area contributed by atoms with Crippen molar-refractivity contribution in [3.05, 3.63) is 0 Å². The molecule has 0 radical (unpaired) electrons. The fraction of sp³-hybridized carbons (Fsp3) is 0.979. The minimum atomic E-state index is -0.509. The fourth-order valence-electron chi connectivity index (χ4n) is 8.61. The molecule has 0 amide bonds. The fourth-order valence-corrected chi connectivity index (χ4v) is 8.61. The van der Waals surface area contributed by atoms with E-state index in [1.165, 1.54) is 167 Å². The maximum atomic E-state index is 13.5. The minimum absolute atomic E-state index is 0.000908. The van der Waals surface area contributed by atoms with E-state index in [0.29, 0.717) is 18.9 Å². The van der Waals surface area contributed by atoms with Crippen LogP contribution in [0.4, 0.5) is 0 Å². The van der Waals surface area contributed by atoms with Crippen LogP contribution >= 0.6 is 0 Å². The molecule has 0 aromatic heterocycles. The zero-order chi connectivity index (χ0) is 39.2. The normalized spacial score (nSPS) is 13.0. The Morgan fingerprint density at radius 2 is 0.827 bits per heavy atom. The monoisotopic (exact) mass is 737 g/mol. The Morgan fingerprint density at radius 3 is 1.19 bits per heavy atom. The summed E-state index contributed by atoms with van der Waals surface area (Å²) in [6.07, 6.45) is 38.5. The zero-order valence-corrected chi connectivity index (χ0v) is 37.6. The van der Waals surface area contributed by atoms with E-state index in [9.17, 15) is 4.79 Å². The van der Waals surface area contributed by atoms with E-state index >= 15 is 0 Å². The molecule has 0 spiro atoms. The summed E-state index contributed by atoms with van der Waals surface area (Å²) in [6.45, 7) is 22.6. The number of carbonyl (C=O) groups is 1. The molecule has 0 saturated heterocycles. The van der Waals surface area contributed by atoms with Crippen molar-refractivity contribution < 1.29 is 19.0 Å². The molecule has 0 unspecified atom stereocenters. The van der Waals surface area contributed by atoms with Crippen molar-refractivity contribution in [1.82, 2.24) is 0 Å². The predicted octanol–water partition coefficient (Wildman–Crippen LogP) is 15.9. The lowest BCUT2D eigenvalue weighted by atomic mass is 9.74. The Kier molecular flexibility index (Phi) is 30.2. The first-order valence-electron chi connectivity index (χ1n) is 23.0. The maximum Gasteiger partial charge on any atom is 0.306 e. The lowest BCUT2D eigenvalue weighted by molar-refractivity contribution is -0.161. The first kappa shape index (κ1) is 51.4. The summed E-state index contributed by atoms with van der Waals surface area (Å²) in [4.78, 5) is 13.5. The molecule has 0 rings (SSSR count). The van der Waals surface area contributed by atoms with E-state index in [-0.39, 0.29) is 22.6 Å². The van der Waals surface area contributed by atoms with E-state index in [1.807, 2.05) is 0 Å². The van der Waals surface area contributed by atoms with Gasteiger partial charge in [-0.05, 0) is 85.0 Å². The van der Waals surface area contributed by atoms with Crippen molar-refractivity contribution in [2.45, 2.75) is 279 Å². The third-order valence-electron chi connectivity index (χ3n) is 11.3. The topological polar surface area (TPSA) is 44.8 Å². The van der Waals surface area contributed by atoms with Gasteiger partial charge in [-0.15, -0.1) is 0 Å². The Labute approximate surface area is 327 Å². The van der Waals surface area contributed by atoms with E-state index in [0.717, 1.165) is 19.3 Å². The van der Waals surface area contributed by atoms with Gasteiger partial charge in [-0.3, -0.25) is 4.79 Å². The second-order valence-electron chi connectivity index (χ2n) is 19.5. The molecular weight excluding hydrogens is 641 g/mol. The number of rotatable bonds is 38. The molecule has 0 aromatic carbocycles. The molecule has 0 fully saturated rings. The van der Waals surface area contributed by atoms with E-state index in [1.54, 1.807) is 7.11 Å². The highest BCUT2D eigenvalue weighted by Crippen LogP contribution is 2.39. The summed E-state index contributed by atoms with van der Waals surface area (Å²) in [5.74, 6) is 0.451. The Bertz CT molecular complexity index is 785. The molecule has 0 aromatic rings. The van der Waals surface area contributed by atoms with Gasteiger partial charge < -0.3 is 14.2 Å². The van der Waals surface area contributed by atoms with Gasteiger partial charge >= 0.3 is 5.97 Å². The maximum absolute atomic E-state index is 13.5. The molecule has 52 heavy (non-hydrogen) atoms. The number of unbranched alkanes of at least 4 members (excludes halogenated alkanes) is 22. The minimum Gasteiger partial charge on any atom is -0.460 e. The van der Waals surface area contributed by atoms with Gasteiger partial charge in [0.05, 0.1) is 17.8 Å². The molecular formula is C48H96O4. The summed E-state index contributed by atoms with van der Waals surface area (Å²) >= 11 is 0. The molecule has 312 valence electrons. The summed E-state index contributed by atoms with van der Waals surface area (Å²) in [5, 5.41) is 0. The summed E-state index contributed by atoms with van der Waals surface area (Å²) in [5.41, 5.74) is -0.987. The number of hydrogen-bond acceptors (Lipinski definition) is 4. The van der Waals surface area contributed by atoms with Crippen LogP contribution in [0.2, 0.25) is 0 Å². The first-order valence-corrected chi connectivity index (χ1v) is 23.0. The van der Waals surface area contributed by atoms with Crippen LogP contribution < -0.4 is 0 Å². The molecule has 0 N–H and O–H groups in total. The van der Waals surface area contributed by atoms with E-state index < -0.39 is 5.60 Å². The van der Waals surface area contributed by atoms with Gasteiger partial charge in [0.1, 0.15) is 5.60 Å². The highest BCUT2D eigenvalue weighted by Gasteiger charge is 2.37. The van der Waals surface area contributed by atoms with Crippen LogP contribution in [0.25, 0.3) is 0 Å². The molecule has 4 heteroatoms. The highest BCUT2D eigenvalue weighted by molar-refractivity contribution is 5.70. The number of ether oxygens (including phenoxy) is 3. The smallest absolute Gasteiger partial charge is 0.306 e. The van der Waals surface area contributed by atoms with Crippen LogP contribution in [0, 0.1) is 11.3 Å². The van der Waals surface area contributed by atoms with Crippen molar-refractivity contribution in [3.63, 3.8) is 0 Å². The number of hydrogen-bond donors (Lipinski definition) is 0. The number of methoxy groups -OCH3 is 1. The lowest BCUT2D eigenvalue weighted by Gasteiger charge is -2.40. The third-order valence-corrected chi connectivity index (χ3v) is 11.3. The molecule has 0 bridgehead atoms. The average molecular weight is 737 g/mol.